The first-order valence-electron chi connectivity index (χ1n) is 6.44. The van der Waals surface area contributed by atoms with E-state index in [1.54, 1.807) is 6.21 Å². The Morgan fingerprint density at radius 3 is 2.67 bits per heavy atom. The summed E-state index contributed by atoms with van der Waals surface area (Å²) in [5.41, 5.74) is 3.55. The van der Waals surface area contributed by atoms with Gasteiger partial charge in [-0.2, -0.15) is 5.10 Å². The number of hydrogen-bond acceptors (Lipinski definition) is 3. The van der Waals surface area contributed by atoms with E-state index in [0.717, 1.165) is 18.7 Å². The molecule has 1 N–H and O–H groups in total. The van der Waals surface area contributed by atoms with Gasteiger partial charge in [0, 0.05) is 0 Å². The van der Waals surface area contributed by atoms with Crippen molar-refractivity contribution in [2.24, 2.45) is 5.10 Å². The Morgan fingerprint density at radius 2 is 1.94 bits per heavy atom. The van der Waals surface area contributed by atoms with Crippen LogP contribution in [0.5, 0.6) is 0 Å². The molecule has 1 fully saturated rings. The van der Waals surface area contributed by atoms with Gasteiger partial charge in [0.05, 0.1) is 12.8 Å². The predicted octanol–water partition coefficient (Wildman–Crippen LogP) is 1.62. The van der Waals surface area contributed by atoms with Crippen LogP contribution in [0.15, 0.2) is 35.4 Å². The van der Waals surface area contributed by atoms with Gasteiger partial charge in [-0.3, -0.25) is 9.69 Å². The summed E-state index contributed by atoms with van der Waals surface area (Å²) >= 11 is 0. The second-order valence-electron chi connectivity index (χ2n) is 4.54. The van der Waals surface area contributed by atoms with E-state index in [9.17, 15) is 4.79 Å². The summed E-state index contributed by atoms with van der Waals surface area (Å²) in [4.78, 5) is 13.8. The zero-order valence-electron chi connectivity index (χ0n) is 10.5. The lowest BCUT2D eigenvalue weighted by atomic mass is 10.1. The quantitative estimate of drug-likeness (QED) is 0.647. The summed E-state index contributed by atoms with van der Waals surface area (Å²) in [6, 6.07) is 9.72. The minimum Gasteiger partial charge on any atom is -0.294 e. The normalized spacial score (nSPS) is 16.9. The van der Waals surface area contributed by atoms with Gasteiger partial charge in [0.2, 0.25) is 0 Å². The maximum Gasteiger partial charge on any atom is 0.254 e. The zero-order chi connectivity index (χ0) is 12.6. The summed E-state index contributed by atoms with van der Waals surface area (Å²) in [6.07, 6.45) is 5.33. The van der Waals surface area contributed by atoms with E-state index in [1.807, 2.05) is 30.3 Å². The van der Waals surface area contributed by atoms with Crippen molar-refractivity contribution in [2.45, 2.75) is 19.3 Å². The fraction of sp³-hybridized carbons (Fsp3) is 0.429. The standard InChI is InChI=1S/C14H19N3O/c18-14(12-17-9-5-2-6-10-17)16-15-11-13-7-3-1-4-8-13/h1,3-4,7-8,11H,2,5-6,9-10,12H2,(H,16,18)/b15-11-. The van der Waals surface area contributed by atoms with Gasteiger partial charge in [0.1, 0.15) is 0 Å². The van der Waals surface area contributed by atoms with Crippen molar-refractivity contribution in [1.82, 2.24) is 10.3 Å². The largest absolute Gasteiger partial charge is 0.294 e. The monoisotopic (exact) mass is 245 g/mol. The predicted molar refractivity (Wildman–Crippen MR) is 72.5 cm³/mol. The average Bonchev–Trinajstić information content (AvgIpc) is 2.41. The van der Waals surface area contributed by atoms with Crippen LogP contribution >= 0.6 is 0 Å². The summed E-state index contributed by atoms with van der Waals surface area (Å²) in [5.74, 6) is -0.0379. The number of likely N-dealkylation sites (tertiary alicyclic amines) is 1. The van der Waals surface area contributed by atoms with Crippen LogP contribution in [-0.4, -0.2) is 36.7 Å². The minimum absolute atomic E-state index is 0.0379. The van der Waals surface area contributed by atoms with Crippen molar-refractivity contribution in [3.05, 3.63) is 35.9 Å². The Bertz CT molecular complexity index is 397. The fourth-order valence-electron chi connectivity index (χ4n) is 2.07. The molecule has 1 amide bonds. The Morgan fingerprint density at radius 1 is 1.22 bits per heavy atom. The van der Waals surface area contributed by atoms with Crippen molar-refractivity contribution < 1.29 is 4.79 Å². The van der Waals surface area contributed by atoms with Crippen molar-refractivity contribution in [3.8, 4) is 0 Å². The van der Waals surface area contributed by atoms with Crippen LogP contribution in [0.3, 0.4) is 0 Å². The van der Waals surface area contributed by atoms with Crippen LogP contribution in [0, 0.1) is 0 Å². The highest BCUT2D eigenvalue weighted by molar-refractivity contribution is 5.83. The topological polar surface area (TPSA) is 44.7 Å². The Kier molecular flexibility index (Phi) is 4.90. The molecular formula is C14H19N3O. The second kappa shape index (κ2) is 6.91. The zero-order valence-corrected chi connectivity index (χ0v) is 10.5. The average molecular weight is 245 g/mol. The van der Waals surface area contributed by atoms with Crippen LogP contribution in [-0.2, 0) is 4.79 Å². The second-order valence-corrected chi connectivity index (χ2v) is 4.54. The molecule has 2 rings (SSSR count). The van der Waals surface area contributed by atoms with Gasteiger partial charge in [0.25, 0.3) is 5.91 Å². The van der Waals surface area contributed by atoms with Crippen molar-refractivity contribution in [2.75, 3.05) is 19.6 Å². The summed E-state index contributed by atoms with van der Waals surface area (Å²) < 4.78 is 0. The fourth-order valence-corrected chi connectivity index (χ4v) is 2.07. The number of benzene rings is 1. The van der Waals surface area contributed by atoms with Crippen LogP contribution in [0.1, 0.15) is 24.8 Å². The first-order valence-corrected chi connectivity index (χ1v) is 6.44. The van der Waals surface area contributed by atoms with E-state index in [4.69, 9.17) is 0 Å². The SMILES string of the molecule is O=C(CN1CCCCC1)N/N=C\c1ccccc1. The lowest BCUT2D eigenvalue weighted by Crippen LogP contribution is -2.38. The highest BCUT2D eigenvalue weighted by Gasteiger charge is 2.12. The number of carbonyl (C=O) groups is 1. The molecule has 0 unspecified atom stereocenters. The van der Waals surface area contributed by atoms with Gasteiger partial charge in [-0.05, 0) is 31.5 Å². The Labute approximate surface area is 108 Å². The number of nitrogens with zero attached hydrogens (tertiary/aromatic N) is 2. The molecule has 18 heavy (non-hydrogen) atoms. The van der Waals surface area contributed by atoms with E-state index in [0.29, 0.717) is 6.54 Å². The highest BCUT2D eigenvalue weighted by Crippen LogP contribution is 2.07. The number of rotatable bonds is 4. The van der Waals surface area contributed by atoms with Gasteiger partial charge < -0.3 is 0 Å². The van der Waals surface area contributed by atoms with Gasteiger partial charge >= 0.3 is 0 Å². The molecule has 0 atom stereocenters. The first kappa shape index (κ1) is 12.8. The molecule has 0 aliphatic carbocycles. The van der Waals surface area contributed by atoms with E-state index in [2.05, 4.69) is 15.4 Å². The molecule has 96 valence electrons. The van der Waals surface area contributed by atoms with Crippen LogP contribution in [0.2, 0.25) is 0 Å². The molecule has 4 nitrogen and oxygen atoms in total. The number of amides is 1. The smallest absolute Gasteiger partial charge is 0.254 e. The molecule has 0 bridgehead atoms. The van der Waals surface area contributed by atoms with Gasteiger partial charge in [-0.15, -0.1) is 0 Å². The number of piperidine rings is 1. The van der Waals surface area contributed by atoms with Crippen LogP contribution in [0.25, 0.3) is 0 Å². The number of nitrogens with one attached hydrogen (secondary N) is 1. The minimum atomic E-state index is -0.0379. The lowest BCUT2D eigenvalue weighted by molar-refractivity contribution is -0.122. The van der Waals surface area contributed by atoms with Gasteiger partial charge in [0.15, 0.2) is 0 Å². The van der Waals surface area contributed by atoms with E-state index in [-0.39, 0.29) is 5.91 Å². The molecular weight excluding hydrogens is 226 g/mol. The highest BCUT2D eigenvalue weighted by atomic mass is 16.2. The Hall–Kier alpha value is -1.68. The third kappa shape index (κ3) is 4.30. The molecule has 0 aromatic heterocycles. The number of hydrazone groups is 1. The lowest BCUT2D eigenvalue weighted by Gasteiger charge is -2.25. The molecule has 1 heterocycles. The molecule has 1 saturated heterocycles. The van der Waals surface area contributed by atoms with Gasteiger partial charge in [-0.1, -0.05) is 36.8 Å². The van der Waals surface area contributed by atoms with Crippen molar-refractivity contribution >= 4 is 12.1 Å². The third-order valence-electron chi connectivity index (χ3n) is 3.02. The molecule has 1 aromatic rings. The van der Waals surface area contributed by atoms with Gasteiger partial charge in [-0.25, -0.2) is 5.43 Å². The number of carbonyl (C=O) groups excluding carboxylic acids is 1. The molecule has 0 spiro atoms. The van der Waals surface area contributed by atoms with Crippen LogP contribution < -0.4 is 5.43 Å². The van der Waals surface area contributed by atoms with Crippen molar-refractivity contribution in [3.63, 3.8) is 0 Å². The first-order chi connectivity index (χ1) is 8.84. The van der Waals surface area contributed by atoms with E-state index < -0.39 is 0 Å². The number of hydrogen-bond donors (Lipinski definition) is 1. The molecule has 0 radical (unpaired) electrons. The van der Waals surface area contributed by atoms with Crippen molar-refractivity contribution in [1.29, 1.82) is 0 Å². The molecule has 1 aromatic carbocycles. The summed E-state index contributed by atoms with van der Waals surface area (Å²) in [5, 5.41) is 3.96. The third-order valence-corrected chi connectivity index (χ3v) is 3.02. The Balaban J connectivity index is 1.72. The molecule has 1 aliphatic heterocycles. The van der Waals surface area contributed by atoms with E-state index >= 15 is 0 Å². The maximum absolute atomic E-state index is 11.6. The maximum atomic E-state index is 11.6. The molecule has 1 aliphatic rings. The van der Waals surface area contributed by atoms with E-state index in [1.165, 1.54) is 19.3 Å². The molecule has 4 heteroatoms. The van der Waals surface area contributed by atoms with Crippen LogP contribution in [0.4, 0.5) is 0 Å². The summed E-state index contributed by atoms with van der Waals surface area (Å²) in [6.45, 7) is 2.50. The summed E-state index contributed by atoms with van der Waals surface area (Å²) in [7, 11) is 0. The molecule has 0 saturated carbocycles.